The van der Waals surface area contributed by atoms with Gasteiger partial charge in [0.15, 0.2) is 0 Å². The maximum atomic E-state index is 5.90. The molecule has 0 N–H and O–H groups in total. The zero-order valence-electron chi connectivity index (χ0n) is 35.6. The molecule has 0 fully saturated rings. The Morgan fingerprint density at radius 1 is 0.415 bits per heavy atom. The summed E-state index contributed by atoms with van der Waals surface area (Å²) in [5, 5.41) is 5.69. The predicted octanol–water partition coefficient (Wildman–Crippen LogP) is 11.1. The monoisotopic (exact) mass is 756 g/mol. The first-order valence-corrected chi connectivity index (χ1v) is 22.2. The molecule has 0 amide bonds. The summed E-state index contributed by atoms with van der Waals surface area (Å²) in [6.45, 7) is 27.6. The highest BCUT2D eigenvalue weighted by Gasteiger charge is 2.47. The lowest BCUT2D eigenvalue weighted by atomic mass is 9.74. The van der Waals surface area contributed by atoms with Crippen molar-refractivity contribution in [3.05, 3.63) is 93.0 Å². The van der Waals surface area contributed by atoms with E-state index in [9.17, 15) is 0 Å². The van der Waals surface area contributed by atoms with Crippen LogP contribution in [0.5, 0.6) is 23.0 Å². The van der Waals surface area contributed by atoms with Crippen molar-refractivity contribution in [1.29, 1.82) is 0 Å². The molecule has 4 nitrogen and oxygen atoms in total. The zero-order chi connectivity index (χ0) is 39.4. The van der Waals surface area contributed by atoms with Gasteiger partial charge in [0.1, 0.15) is 23.0 Å². The Morgan fingerprint density at radius 3 is 0.755 bits per heavy atom. The fourth-order valence-corrected chi connectivity index (χ4v) is 16.7. The Balaban J connectivity index is 2.10. The minimum atomic E-state index is -0.799. The van der Waals surface area contributed by atoms with Gasteiger partial charge in [0.2, 0.25) is 0 Å². The van der Waals surface area contributed by atoms with Gasteiger partial charge in [-0.15, -0.1) is 0 Å². The summed E-state index contributed by atoms with van der Waals surface area (Å²) >= 11 is 0. The summed E-state index contributed by atoms with van der Waals surface area (Å²) < 4.78 is 23.6. The highest BCUT2D eigenvalue weighted by Crippen LogP contribution is 2.61. The lowest BCUT2D eigenvalue weighted by Crippen LogP contribution is -2.46. The second kappa shape index (κ2) is 18.0. The first kappa shape index (κ1) is 42.7. The third kappa shape index (κ3) is 8.45. The van der Waals surface area contributed by atoms with Crippen LogP contribution in [-0.4, -0.2) is 39.8 Å². The van der Waals surface area contributed by atoms with Crippen molar-refractivity contribution in [2.75, 3.05) is 28.4 Å². The fraction of sp³-hybridized carbons (Fsp3) is 0.489. The summed E-state index contributed by atoms with van der Waals surface area (Å²) in [7, 11) is 5.57. The largest absolute Gasteiger partial charge is 0.496 e. The average molecular weight is 757 g/mol. The van der Waals surface area contributed by atoms with Crippen molar-refractivity contribution < 1.29 is 18.9 Å². The predicted molar refractivity (Wildman–Crippen MR) is 233 cm³/mol. The van der Waals surface area contributed by atoms with Gasteiger partial charge < -0.3 is 18.9 Å². The molecule has 53 heavy (non-hydrogen) atoms. The van der Waals surface area contributed by atoms with Gasteiger partial charge in [-0.25, -0.2) is 0 Å². The van der Waals surface area contributed by atoms with Crippen LogP contribution in [0.2, 0.25) is 0 Å². The second-order valence-electron chi connectivity index (χ2n) is 15.3. The summed E-state index contributed by atoms with van der Waals surface area (Å²) in [5.74, 6) is 3.94. The standard InChI is InChI=1S/C47H66O4P2/c1-17-19-47(20-18-2,37(11)52(39-21-29(3)43(48-13)30(4)22-39)40-23-31(5)44(49-14)32(6)24-40)38(12)53(41-25-33(7)45(50-15)34(8)26-41)42-27-35(9)46(51-16)36(10)28-42/h21-28,37-38H,17-20H2,1-16H3. The summed E-state index contributed by atoms with van der Waals surface area (Å²) in [6, 6.07) is 19.4. The molecule has 0 aromatic heterocycles. The quantitative estimate of drug-likeness (QED) is 0.107. The van der Waals surface area contributed by atoms with E-state index in [1.807, 2.05) is 0 Å². The van der Waals surface area contributed by atoms with Crippen molar-refractivity contribution >= 4 is 37.1 Å². The Morgan fingerprint density at radius 2 is 0.604 bits per heavy atom. The lowest BCUT2D eigenvalue weighted by molar-refractivity contribution is 0.228. The van der Waals surface area contributed by atoms with Gasteiger partial charge in [-0.1, -0.05) is 40.5 Å². The number of hydrogen-bond donors (Lipinski definition) is 0. The molecular weight excluding hydrogens is 690 g/mol. The third-order valence-electron chi connectivity index (χ3n) is 11.6. The van der Waals surface area contributed by atoms with E-state index < -0.39 is 15.8 Å². The lowest BCUT2D eigenvalue weighted by Gasteiger charge is -2.50. The maximum absolute atomic E-state index is 5.90. The van der Waals surface area contributed by atoms with E-state index >= 15 is 0 Å². The number of aryl methyl sites for hydroxylation is 8. The highest BCUT2D eigenvalue weighted by molar-refractivity contribution is 7.74. The molecule has 4 aromatic rings. The first-order valence-electron chi connectivity index (χ1n) is 19.3. The number of ether oxygens (including phenoxy) is 4. The molecule has 0 radical (unpaired) electrons. The van der Waals surface area contributed by atoms with Gasteiger partial charge in [-0.2, -0.15) is 0 Å². The minimum absolute atomic E-state index is 0.0356. The molecule has 0 aliphatic carbocycles. The number of benzene rings is 4. The minimum Gasteiger partial charge on any atom is -0.496 e. The molecule has 0 spiro atoms. The van der Waals surface area contributed by atoms with Gasteiger partial charge in [0.05, 0.1) is 28.4 Å². The molecule has 6 heteroatoms. The van der Waals surface area contributed by atoms with Crippen molar-refractivity contribution in [3.63, 3.8) is 0 Å². The van der Waals surface area contributed by atoms with Gasteiger partial charge in [-0.05, 0) is 215 Å². The molecule has 2 unspecified atom stereocenters. The van der Waals surface area contributed by atoms with Crippen LogP contribution in [0.15, 0.2) is 48.5 Å². The van der Waals surface area contributed by atoms with Crippen LogP contribution in [-0.2, 0) is 0 Å². The SMILES string of the molecule is CCCC(CCC)(C(C)P(c1cc(C)c(OC)c(C)c1)c1cc(C)c(OC)c(C)c1)C(C)P(c1cc(C)c(OC)c(C)c1)c1cc(C)c(OC)c(C)c1. The fourth-order valence-electron chi connectivity index (χ4n) is 9.50. The van der Waals surface area contributed by atoms with Gasteiger partial charge in [0.25, 0.3) is 0 Å². The zero-order valence-corrected chi connectivity index (χ0v) is 37.4. The van der Waals surface area contributed by atoms with Crippen LogP contribution in [0.25, 0.3) is 0 Å². The van der Waals surface area contributed by atoms with Crippen LogP contribution in [0, 0.1) is 60.8 Å². The molecule has 0 heterocycles. The normalized spacial score (nSPS) is 13.0. The van der Waals surface area contributed by atoms with Crippen LogP contribution in [0.4, 0.5) is 0 Å². The van der Waals surface area contributed by atoms with E-state index in [1.54, 1.807) is 28.4 Å². The van der Waals surface area contributed by atoms with E-state index in [-0.39, 0.29) is 5.41 Å². The molecule has 0 bridgehead atoms. The van der Waals surface area contributed by atoms with Crippen LogP contribution >= 0.6 is 15.8 Å². The maximum Gasteiger partial charge on any atom is 0.124 e. The Kier molecular flexibility index (Phi) is 14.5. The van der Waals surface area contributed by atoms with Gasteiger partial charge in [-0.3, -0.25) is 0 Å². The highest BCUT2D eigenvalue weighted by atomic mass is 31.1. The topological polar surface area (TPSA) is 36.9 Å². The summed E-state index contributed by atoms with van der Waals surface area (Å²) in [5.41, 5.74) is 10.4. The molecule has 2 atom stereocenters. The van der Waals surface area contributed by atoms with E-state index in [2.05, 4.69) is 132 Å². The van der Waals surface area contributed by atoms with Crippen molar-refractivity contribution in [2.24, 2.45) is 5.41 Å². The molecule has 0 saturated heterocycles. The Bertz CT molecular complexity index is 1550. The molecule has 4 rings (SSSR count). The van der Waals surface area contributed by atoms with Gasteiger partial charge in [0, 0.05) is 0 Å². The number of methoxy groups -OCH3 is 4. The van der Waals surface area contributed by atoms with E-state index in [1.165, 1.54) is 65.7 Å². The second-order valence-corrected chi connectivity index (χ2v) is 20.4. The van der Waals surface area contributed by atoms with Crippen molar-refractivity contribution in [2.45, 2.75) is 120 Å². The van der Waals surface area contributed by atoms with Crippen LogP contribution < -0.4 is 40.2 Å². The van der Waals surface area contributed by atoms with E-state index in [4.69, 9.17) is 18.9 Å². The summed E-state index contributed by atoms with van der Waals surface area (Å²) in [4.78, 5) is 0. The molecular formula is C47H66O4P2. The van der Waals surface area contributed by atoms with Crippen LogP contribution in [0.1, 0.15) is 97.9 Å². The number of hydrogen-bond acceptors (Lipinski definition) is 4. The number of rotatable bonds is 16. The molecule has 0 aliphatic heterocycles. The first-order chi connectivity index (χ1) is 25.1. The molecule has 4 aromatic carbocycles. The van der Waals surface area contributed by atoms with Crippen LogP contribution in [0.3, 0.4) is 0 Å². The van der Waals surface area contributed by atoms with Crippen molar-refractivity contribution in [3.8, 4) is 23.0 Å². The Hall–Kier alpha value is -3.06. The smallest absolute Gasteiger partial charge is 0.124 e. The van der Waals surface area contributed by atoms with Gasteiger partial charge >= 0.3 is 0 Å². The van der Waals surface area contributed by atoms with E-state index in [0.29, 0.717) is 11.3 Å². The molecule has 0 saturated carbocycles. The molecule has 0 aliphatic rings. The molecule has 288 valence electrons. The average Bonchev–Trinajstić information content (AvgIpc) is 3.08. The van der Waals surface area contributed by atoms with Crippen molar-refractivity contribution in [1.82, 2.24) is 0 Å². The third-order valence-corrected chi connectivity index (χ3v) is 17.4. The van der Waals surface area contributed by atoms with E-state index in [0.717, 1.165) is 48.7 Å². The Labute approximate surface area is 324 Å². The summed E-state index contributed by atoms with van der Waals surface area (Å²) in [6.07, 6.45) is 4.57.